The standard InChI is InChI=1S/C16H18N4O2.C2HF3O2/c17-16(8-1-2-9-16)15-18-14(19-20-15)12-5-3-4-11(10-12)6-7-13(21)22;3-2(4,5)1(6)7/h3-7,10H,1-2,8-9,17H2,(H,21,22)(H,18,19,20);(H,6,7). The molecule has 0 spiro atoms. The number of aromatic amines is 1. The maximum Gasteiger partial charge on any atom is 0.490 e. The molecule has 1 aliphatic carbocycles. The van der Waals surface area contributed by atoms with Gasteiger partial charge >= 0.3 is 18.1 Å². The number of rotatable bonds is 4. The zero-order valence-electron chi connectivity index (χ0n) is 15.1. The first-order valence-electron chi connectivity index (χ1n) is 8.54. The molecule has 2 aromatic rings. The molecule has 1 aromatic carbocycles. The first-order chi connectivity index (χ1) is 13.5. The number of aliphatic carboxylic acids is 2. The monoisotopic (exact) mass is 412 g/mol. The van der Waals surface area contributed by atoms with Gasteiger partial charge in [0, 0.05) is 11.6 Å². The van der Waals surface area contributed by atoms with Gasteiger partial charge in [-0.3, -0.25) is 5.10 Å². The molecule has 1 aromatic heterocycles. The number of nitrogens with one attached hydrogen (secondary N) is 1. The molecule has 5 N–H and O–H groups in total. The van der Waals surface area contributed by atoms with E-state index in [2.05, 4.69) is 15.2 Å². The summed E-state index contributed by atoms with van der Waals surface area (Å²) in [6.45, 7) is 0. The van der Waals surface area contributed by atoms with Crippen molar-refractivity contribution < 1.29 is 33.0 Å². The van der Waals surface area contributed by atoms with E-state index >= 15 is 0 Å². The van der Waals surface area contributed by atoms with E-state index in [4.69, 9.17) is 20.7 Å². The summed E-state index contributed by atoms with van der Waals surface area (Å²) < 4.78 is 31.7. The van der Waals surface area contributed by atoms with E-state index in [0.717, 1.165) is 48.7 Å². The van der Waals surface area contributed by atoms with Gasteiger partial charge in [-0.05, 0) is 30.5 Å². The van der Waals surface area contributed by atoms with Crippen LogP contribution in [0.5, 0.6) is 0 Å². The van der Waals surface area contributed by atoms with Gasteiger partial charge in [0.2, 0.25) is 0 Å². The van der Waals surface area contributed by atoms with Crippen LogP contribution in [0.15, 0.2) is 30.3 Å². The maximum atomic E-state index is 10.6. The van der Waals surface area contributed by atoms with Gasteiger partial charge in [-0.25, -0.2) is 14.6 Å². The van der Waals surface area contributed by atoms with Gasteiger partial charge in [-0.2, -0.15) is 18.3 Å². The summed E-state index contributed by atoms with van der Waals surface area (Å²) in [6, 6.07) is 7.42. The second-order valence-corrected chi connectivity index (χ2v) is 6.47. The van der Waals surface area contributed by atoms with Crippen LogP contribution in [0.1, 0.15) is 37.1 Å². The minimum absolute atomic E-state index is 0.397. The lowest BCUT2D eigenvalue weighted by atomic mass is 9.98. The summed E-state index contributed by atoms with van der Waals surface area (Å²) in [4.78, 5) is 24.0. The Morgan fingerprint density at radius 3 is 2.38 bits per heavy atom. The van der Waals surface area contributed by atoms with E-state index in [0.29, 0.717) is 5.82 Å². The van der Waals surface area contributed by atoms with Crippen molar-refractivity contribution in [2.75, 3.05) is 0 Å². The average Bonchev–Trinajstić information content (AvgIpc) is 3.30. The summed E-state index contributed by atoms with van der Waals surface area (Å²) in [5.41, 5.74) is 7.59. The number of hydrogen-bond donors (Lipinski definition) is 4. The number of halogens is 3. The summed E-state index contributed by atoms with van der Waals surface area (Å²) in [6.07, 6.45) is 1.63. The molecular formula is C18H19F3N4O4. The summed E-state index contributed by atoms with van der Waals surface area (Å²) >= 11 is 0. The fourth-order valence-corrected chi connectivity index (χ4v) is 2.81. The van der Waals surface area contributed by atoms with Crippen LogP contribution in [0.4, 0.5) is 13.2 Å². The third-order valence-corrected chi connectivity index (χ3v) is 4.26. The van der Waals surface area contributed by atoms with Crippen molar-refractivity contribution >= 4 is 18.0 Å². The van der Waals surface area contributed by atoms with Crippen LogP contribution in [0.3, 0.4) is 0 Å². The number of hydrogen-bond acceptors (Lipinski definition) is 5. The average molecular weight is 412 g/mol. The Morgan fingerprint density at radius 2 is 1.83 bits per heavy atom. The van der Waals surface area contributed by atoms with Crippen LogP contribution in [0, 0.1) is 0 Å². The number of nitrogens with zero attached hydrogens (tertiary/aromatic N) is 2. The SMILES string of the molecule is NC1(c2nc(-c3cccc(C=CC(=O)O)c3)n[nH]2)CCCC1.O=C(O)C(F)(F)F. The second kappa shape index (κ2) is 8.86. The van der Waals surface area contributed by atoms with Crippen LogP contribution in [-0.2, 0) is 15.1 Å². The highest BCUT2D eigenvalue weighted by molar-refractivity contribution is 5.85. The molecule has 0 unspecified atom stereocenters. The Hall–Kier alpha value is -3.21. The van der Waals surface area contributed by atoms with E-state index in [9.17, 15) is 18.0 Å². The molecule has 1 fully saturated rings. The Labute approximate surface area is 163 Å². The van der Waals surface area contributed by atoms with Gasteiger partial charge in [-0.15, -0.1) is 0 Å². The minimum atomic E-state index is -5.08. The number of carboxylic acid groups (broad SMARTS) is 2. The predicted octanol–water partition coefficient (Wildman–Crippen LogP) is 2.93. The highest BCUT2D eigenvalue weighted by Gasteiger charge is 2.38. The second-order valence-electron chi connectivity index (χ2n) is 6.47. The molecule has 29 heavy (non-hydrogen) atoms. The number of carbonyl (C=O) groups is 2. The van der Waals surface area contributed by atoms with Gasteiger partial charge in [0.05, 0.1) is 5.54 Å². The van der Waals surface area contributed by atoms with Gasteiger partial charge < -0.3 is 15.9 Å². The molecular weight excluding hydrogens is 393 g/mol. The van der Waals surface area contributed by atoms with Gasteiger partial charge in [-0.1, -0.05) is 31.0 Å². The zero-order valence-corrected chi connectivity index (χ0v) is 15.1. The number of nitrogens with two attached hydrogens (primary N) is 1. The van der Waals surface area contributed by atoms with Gasteiger partial charge in [0.15, 0.2) is 5.82 Å². The number of aromatic nitrogens is 3. The van der Waals surface area contributed by atoms with E-state index in [1.807, 2.05) is 24.3 Å². The highest BCUT2D eigenvalue weighted by atomic mass is 19.4. The third-order valence-electron chi connectivity index (χ3n) is 4.26. The van der Waals surface area contributed by atoms with Crippen LogP contribution >= 0.6 is 0 Å². The summed E-state index contributed by atoms with van der Waals surface area (Å²) in [5, 5.41) is 23.0. The number of H-pyrrole nitrogens is 1. The van der Waals surface area contributed by atoms with Crippen LogP contribution in [0.25, 0.3) is 17.5 Å². The zero-order chi connectivity index (χ0) is 21.7. The topological polar surface area (TPSA) is 142 Å². The molecule has 0 radical (unpaired) electrons. The van der Waals surface area contributed by atoms with Crippen LogP contribution in [-0.4, -0.2) is 43.5 Å². The molecule has 0 saturated heterocycles. The highest BCUT2D eigenvalue weighted by Crippen LogP contribution is 2.34. The molecule has 1 aliphatic rings. The molecule has 0 bridgehead atoms. The Balaban J connectivity index is 0.000000370. The van der Waals surface area contributed by atoms with Crippen molar-refractivity contribution in [3.05, 3.63) is 41.7 Å². The fraction of sp³-hybridized carbons (Fsp3) is 0.333. The normalized spacial score (nSPS) is 15.7. The molecule has 156 valence electrons. The van der Waals surface area contributed by atoms with Crippen molar-refractivity contribution in [2.24, 2.45) is 5.73 Å². The van der Waals surface area contributed by atoms with Crippen molar-refractivity contribution in [1.29, 1.82) is 0 Å². The summed E-state index contributed by atoms with van der Waals surface area (Å²) in [5.74, 6) is -2.42. The third kappa shape index (κ3) is 6.14. The minimum Gasteiger partial charge on any atom is -0.478 e. The molecule has 1 saturated carbocycles. The molecule has 3 rings (SSSR count). The van der Waals surface area contributed by atoms with Crippen molar-refractivity contribution in [1.82, 2.24) is 15.2 Å². The van der Waals surface area contributed by atoms with Crippen LogP contribution in [0.2, 0.25) is 0 Å². The lowest BCUT2D eigenvalue weighted by Crippen LogP contribution is -2.34. The molecule has 11 heteroatoms. The van der Waals surface area contributed by atoms with Crippen molar-refractivity contribution in [2.45, 2.75) is 37.4 Å². The van der Waals surface area contributed by atoms with Crippen molar-refractivity contribution in [3.8, 4) is 11.4 Å². The molecule has 0 atom stereocenters. The molecule has 0 amide bonds. The number of carboxylic acids is 2. The fourth-order valence-electron chi connectivity index (χ4n) is 2.81. The molecule has 8 nitrogen and oxygen atoms in total. The van der Waals surface area contributed by atoms with E-state index < -0.39 is 23.7 Å². The van der Waals surface area contributed by atoms with E-state index in [1.54, 1.807) is 6.08 Å². The smallest absolute Gasteiger partial charge is 0.478 e. The summed E-state index contributed by atoms with van der Waals surface area (Å²) in [7, 11) is 0. The van der Waals surface area contributed by atoms with Gasteiger partial charge in [0.1, 0.15) is 5.82 Å². The lowest BCUT2D eigenvalue weighted by molar-refractivity contribution is -0.192. The first-order valence-corrected chi connectivity index (χ1v) is 8.54. The largest absolute Gasteiger partial charge is 0.490 e. The Morgan fingerprint density at radius 1 is 1.21 bits per heavy atom. The first kappa shape index (κ1) is 22.1. The van der Waals surface area contributed by atoms with Crippen molar-refractivity contribution in [3.63, 3.8) is 0 Å². The van der Waals surface area contributed by atoms with E-state index in [-0.39, 0.29) is 0 Å². The molecule has 1 heterocycles. The molecule has 0 aliphatic heterocycles. The number of benzene rings is 1. The predicted molar refractivity (Wildman–Crippen MR) is 96.5 cm³/mol. The van der Waals surface area contributed by atoms with Crippen LogP contribution < -0.4 is 5.73 Å². The Kier molecular flexibility index (Phi) is 6.75. The van der Waals surface area contributed by atoms with Gasteiger partial charge in [0.25, 0.3) is 0 Å². The quantitative estimate of drug-likeness (QED) is 0.566. The maximum absolute atomic E-state index is 10.6. The Bertz CT molecular complexity index is 903. The number of alkyl halides is 3. The lowest BCUT2D eigenvalue weighted by Gasteiger charge is -2.19. The van der Waals surface area contributed by atoms with E-state index in [1.165, 1.54) is 0 Å².